The fourth-order valence-electron chi connectivity index (χ4n) is 8.35. The summed E-state index contributed by atoms with van der Waals surface area (Å²) in [7, 11) is 0. The highest BCUT2D eigenvalue weighted by atomic mass is 16.3. The van der Waals surface area contributed by atoms with Gasteiger partial charge in [-0.1, -0.05) is 257 Å². The van der Waals surface area contributed by atoms with Gasteiger partial charge in [0.15, 0.2) is 0 Å². The van der Waals surface area contributed by atoms with Gasteiger partial charge in [-0.05, 0) is 38.5 Å². The number of carbonyl (C=O) groups is 1. The lowest BCUT2D eigenvalue weighted by Crippen LogP contribution is -2.53. The van der Waals surface area contributed by atoms with E-state index in [0.717, 1.165) is 38.5 Å². The molecule has 4 unspecified atom stereocenters. The molecule has 1 amide bonds. The van der Waals surface area contributed by atoms with Crippen LogP contribution >= 0.6 is 0 Å². The molecule has 0 radical (unpaired) electrons. The normalized spacial score (nSPS) is 14.0. The van der Waals surface area contributed by atoms with Crippen molar-refractivity contribution in [2.24, 2.45) is 0 Å². The first-order valence-electron chi connectivity index (χ1n) is 26.1. The smallest absolute Gasteiger partial charge is 0.249 e. The molecule has 58 heavy (non-hydrogen) atoms. The van der Waals surface area contributed by atoms with Crippen molar-refractivity contribution in [2.75, 3.05) is 6.61 Å². The van der Waals surface area contributed by atoms with Gasteiger partial charge in [-0.25, -0.2) is 0 Å². The van der Waals surface area contributed by atoms with E-state index in [0.29, 0.717) is 12.8 Å². The van der Waals surface area contributed by atoms with Gasteiger partial charge in [-0.3, -0.25) is 4.79 Å². The van der Waals surface area contributed by atoms with Crippen molar-refractivity contribution in [2.45, 2.75) is 308 Å². The van der Waals surface area contributed by atoms with Gasteiger partial charge in [0.25, 0.3) is 0 Å². The SMILES string of the molecule is CCCCCCCCCCCCCCCCCCC/C=C/CCCC(O)C(O)C(CO)NC(=O)C(O)CCCCCCCCCCCCCCCCCCCCCC. The highest BCUT2D eigenvalue weighted by Gasteiger charge is 2.28. The number of carbonyl (C=O) groups excluding carboxylic acids is 1. The van der Waals surface area contributed by atoms with Crippen LogP contribution in [0.4, 0.5) is 0 Å². The second-order valence-electron chi connectivity index (χ2n) is 18.2. The Bertz CT molecular complexity index is 837. The lowest BCUT2D eigenvalue weighted by molar-refractivity contribution is -0.132. The fourth-order valence-corrected chi connectivity index (χ4v) is 8.35. The number of allylic oxidation sites excluding steroid dienone is 2. The van der Waals surface area contributed by atoms with E-state index in [9.17, 15) is 25.2 Å². The number of rotatable bonds is 48. The summed E-state index contributed by atoms with van der Waals surface area (Å²) in [6, 6.07) is -0.998. The molecular formula is C52H103NO5. The third-order valence-corrected chi connectivity index (χ3v) is 12.5. The van der Waals surface area contributed by atoms with Crippen molar-refractivity contribution in [3.05, 3.63) is 12.2 Å². The quantitative estimate of drug-likeness (QED) is 0.0310. The van der Waals surface area contributed by atoms with E-state index < -0.39 is 36.9 Å². The van der Waals surface area contributed by atoms with Gasteiger partial charge in [-0.2, -0.15) is 0 Å². The van der Waals surface area contributed by atoms with Gasteiger partial charge in [0.2, 0.25) is 5.91 Å². The molecule has 0 aromatic heterocycles. The average molecular weight is 822 g/mol. The highest BCUT2D eigenvalue weighted by molar-refractivity contribution is 5.80. The number of aliphatic hydroxyl groups is 4. The van der Waals surface area contributed by atoms with E-state index in [1.165, 1.54) is 218 Å². The molecule has 0 fully saturated rings. The molecule has 0 spiro atoms. The summed E-state index contributed by atoms with van der Waals surface area (Å²) in [4.78, 5) is 12.6. The average Bonchev–Trinajstić information content (AvgIpc) is 3.23. The van der Waals surface area contributed by atoms with E-state index in [1.807, 2.05) is 0 Å². The van der Waals surface area contributed by atoms with Crippen LogP contribution < -0.4 is 5.32 Å². The zero-order chi connectivity index (χ0) is 42.4. The first-order chi connectivity index (χ1) is 28.5. The van der Waals surface area contributed by atoms with Crippen LogP contribution in [0, 0.1) is 0 Å². The van der Waals surface area contributed by atoms with Gasteiger partial charge in [0, 0.05) is 0 Å². The number of hydrogen-bond acceptors (Lipinski definition) is 5. The summed E-state index contributed by atoms with van der Waals surface area (Å²) in [6.45, 7) is 4.08. The molecule has 4 atom stereocenters. The number of unbranched alkanes of at least 4 members (excludes halogenated alkanes) is 37. The van der Waals surface area contributed by atoms with Crippen LogP contribution in [-0.2, 0) is 4.79 Å². The zero-order valence-electron chi connectivity index (χ0n) is 39.1. The molecule has 6 nitrogen and oxygen atoms in total. The van der Waals surface area contributed by atoms with Gasteiger partial charge in [0.1, 0.15) is 12.2 Å². The third-order valence-electron chi connectivity index (χ3n) is 12.5. The Labute approximate surface area is 362 Å². The maximum absolute atomic E-state index is 12.6. The minimum absolute atomic E-state index is 0.368. The first-order valence-corrected chi connectivity index (χ1v) is 26.1. The summed E-state index contributed by atoms with van der Waals surface area (Å²) in [5, 5.41) is 43.9. The maximum Gasteiger partial charge on any atom is 0.249 e. The summed E-state index contributed by atoms with van der Waals surface area (Å²) in [5.41, 5.74) is 0. The topological polar surface area (TPSA) is 110 Å². The molecule has 0 aliphatic carbocycles. The minimum atomic E-state index is -1.28. The molecule has 0 aromatic rings. The van der Waals surface area contributed by atoms with E-state index in [-0.39, 0.29) is 0 Å². The van der Waals surface area contributed by atoms with Crippen LogP contribution in [0.2, 0.25) is 0 Å². The Balaban J connectivity index is 3.67. The first kappa shape index (κ1) is 57.1. The van der Waals surface area contributed by atoms with E-state index in [2.05, 4.69) is 31.3 Å². The highest BCUT2D eigenvalue weighted by Crippen LogP contribution is 2.17. The number of hydrogen-bond donors (Lipinski definition) is 5. The van der Waals surface area contributed by atoms with Crippen molar-refractivity contribution in [3.63, 3.8) is 0 Å². The van der Waals surface area contributed by atoms with Crippen molar-refractivity contribution >= 4 is 5.91 Å². The lowest BCUT2D eigenvalue weighted by Gasteiger charge is -2.27. The zero-order valence-corrected chi connectivity index (χ0v) is 39.1. The Morgan fingerprint density at radius 1 is 0.414 bits per heavy atom. The van der Waals surface area contributed by atoms with E-state index >= 15 is 0 Å². The lowest BCUT2D eigenvalue weighted by atomic mass is 10.00. The minimum Gasteiger partial charge on any atom is -0.394 e. The van der Waals surface area contributed by atoms with Crippen LogP contribution in [-0.4, -0.2) is 57.3 Å². The molecule has 0 aliphatic heterocycles. The Kier molecular flexibility index (Phi) is 46.3. The number of amides is 1. The maximum atomic E-state index is 12.6. The van der Waals surface area contributed by atoms with Crippen molar-refractivity contribution < 1.29 is 25.2 Å². The molecule has 0 aliphatic rings. The van der Waals surface area contributed by atoms with Gasteiger partial charge >= 0.3 is 0 Å². The standard InChI is InChI=1S/C52H103NO5/c1-3-5-7-9-11-13-15-17-19-21-23-25-26-28-29-31-33-35-37-39-41-43-45-49(55)51(57)48(47-54)53-52(58)50(56)46-44-42-40-38-36-34-32-30-27-24-22-20-18-16-14-12-10-8-6-4-2/h37,39,48-51,54-57H,3-36,38,40-47H2,1-2H3,(H,53,58)/b39-37+. The van der Waals surface area contributed by atoms with Crippen LogP contribution in [0.15, 0.2) is 12.2 Å². The largest absolute Gasteiger partial charge is 0.394 e. The Morgan fingerprint density at radius 3 is 1.03 bits per heavy atom. The molecule has 0 bridgehead atoms. The predicted octanol–water partition coefficient (Wildman–Crippen LogP) is 14.5. The number of nitrogens with one attached hydrogen (secondary N) is 1. The second-order valence-corrected chi connectivity index (χ2v) is 18.2. The molecule has 0 heterocycles. The fraction of sp³-hybridized carbons (Fsp3) is 0.942. The summed E-state index contributed by atoms with van der Waals surface area (Å²) in [5.74, 6) is -0.588. The Morgan fingerprint density at radius 2 is 0.707 bits per heavy atom. The molecule has 0 saturated carbocycles. The molecular weight excluding hydrogens is 719 g/mol. The van der Waals surface area contributed by atoms with E-state index in [4.69, 9.17) is 0 Å². The van der Waals surface area contributed by atoms with Gasteiger partial charge in [-0.15, -0.1) is 0 Å². The van der Waals surface area contributed by atoms with Gasteiger partial charge in [0.05, 0.1) is 18.8 Å². The van der Waals surface area contributed by atoms with Crippen LogP contribution in [0.25, 0.3) is 0 Å². The van der Waals surface area contributed by atoms with Crippen LogP contribution in [0.5, 0.6) is 0 Å². The monoisotopic (exact) mass is 822 g/mol. The van der Waals surface area contributed by atoms with Crippen LogP contribution in [0.3, 0.4) is 0 Å². The molecule has 0 rings (SSSR count). The number of aliphatic hydroxyl groups excluding tert-OH is 4. The second kappa shape index (κ2) is 47.1. The van der Waals surface area contributed by atoms with Crippen LogP contribution in [0.1, 0.15) is 284 Å². The summed E-state index contributed by atoms with van der Waals surface area (Å²) in [6.07, 6.45) is 54.1. The van der Waals surface area contributed by atoms with Gasteiger partial charge < -0.3 is 25.7 Å². The molecule has 0 aromatic carbocycles. The Hall–Kier alpha value is -0.950. The molecule has 6 heteroatoms. The van der Waals surface area contributed by atoms with Crippen molar-refractivity contribution in [1.29, 1.82) is 0 Å². The molecule has 5 N–H and O–H groups in total. The summed E-state index contributed by atoms with van der Waals surface area (Å²) >= 11 is 0. The van der Waals surface area contributed by atoms with Crippen molar-refractivity contribution in [1.82, 2.24) is 5.32 Å². The van der Waals surface area contributed by atoms with Crippen molar-refractivity contribution in [3.8, 4) is 0 Å². The third kappa shape index (κ3) is 40.5. The summed E-state index contributed by atoms with van der Waals surface area (Å²) < 4.78 is 0. The molecule has 346 valence electrons. The predicted molar refractivity (Wildman–Crippen MR) is 251 cm³/mol. The van der Waals surface area contributed by atoms with E-state index in [1.54, 1.807) is 0 Å². The molecule has 0 saturated heterocycles.